The fraction of sp³-hybridized carbons (Fsp3) is 0.292. The highest BCUT2D eigenvalue weighted by molar-refractivity contribution is 7.98. The number of methoxy groups -OCH3 is 1. The fourth-order valence-corrected chi connectivity index (χ4v) is 3.72. The first kappa shape index (κ1) is 22.8. The van der Waals surface area contributed by atoms with Crippen molar-refractivity contribution in [3.05, 3.63) is 71.9 Å². The van der Waals surface area contributed by atoms with Crippen molar-refractivity contribution in [2.24, 2.45) is 0 Å². The monoisotopic (exact) mass is 436 g/mol. The van der Waals surface area contributed by atoms with Gasteiger partial charge in [0.15, 0.2) is 5.16 Å². The van der Waals surface area contributed by atoms with Crippen LogP contribution in [-0.2, 0) is 5.75 Å². The lowest BCUT2D eigenvalue weighted by molar-refractivity contribution is 0.0952. The summed E-state index contributed by atoms with van der Waals surface area (Å²) in [6.45, 7) is 1.63. The Bertz CT molecular complexity index is 976. The molecular weight excluding hydrogens is 408 g/mol. The van der Waals surface area contributed by atoms with Crippen molar-refractivity contribution >= 4 is 17.7 Å². The third-order valence-corrected chi connectivity index (χ3v) is 5.60. The number of benzene rings is 2. The Hall–Kier alpha value is -2.90. The Labute approximate surface area is 188 Å². The molecule has 1 amide bonds. The molecule has 0 bridgehead atoms. The highest BCUT2D eigenvalue weighted by Gasteiger charge is 2.07. The molecule has 0 atom stereocenters. The smallest absolute Gasteiger partial charge is 0.251 e. The third kappa shape index (κ3) is 7.08. The summed E-state index contributed by atoms with van der Waals surface area (Å²) < 4.78 is 5.21. The van der Waals surface area contributed by atoms with Gasteiger partial charge in [0.1, 0.15) is 5.75 Å². The second kappa shape index (κ2) is 11.5. The summed E-state index contributed by atoms with van der Waals surface area (Å²) in [5.74, 6) is 1.52. The molecule has 3 rings (SSSR count). The molecule has 7 heteroatoms. The lowest BCUT2D eigenvalue weighted by atomic mass is 10.1. The first-order valence-electron chi connectivity index (χ1n) is 10.2. The van der Waals surface area contributed by atoms with Gasteiger partial charge in [-0.05, 0) is 75.1 Å². The van der Waals surface area contributed by atoms with E-state index in [9.17, 15) is 4.79 Å². The zero-order valence-corrected chi connectivity index (χ0v) is 19.0. The maximum Gasteiger partial charge on any atom is 0.251 e. The van der Waals surface area contributed by atoms with Crippen molar-refractivity contribution in [3.8, 4) is 17.0 Å². The molecule has 0 aliphatic heterocycles. The Morgan fingerprint density at radius 1 is 1.06 bits per heavy atom. The number of ether oxygens (including phenoxy) is 1. The normalized spacial score (nSPS) is 10.8. The second-order valence-corrected chi connectivity index (χ2v) is 8.29. The van der Waals surface area contributed by atoms with Crippen LogP contribution in [0.25, 0.3) is 11.3 Å². The Balaban J connectivity index is 1.53. The topological polar surface area (TPSA) is 67.3 Å². The number of nitrogens with zero attached hydrogens (tertiary/aromatic N) is 3. The predicted octanol–water partition coefficient (Wildman–Crippen LogP) is 4.13. The van der Waals surface area contributed by atoms with Crippen molar-refractivity contribution in [3.63, 3.8) is 0 Å². The van der Waals surface area contributed by atoms with Crippen molar-refractivity contribution in [2.75, 3.05) is 34.3 Å². The molecule has 31 heavy (non-hydrogen) atoms. The zero-order chi connectivity index (χ0) is 22.1. The molecule has 162 valence electrons. The number of rotatable bonds is 10. The minimum absolute atomic E-state index is 0.0338. The van der Waals surface area contributed by atoms with E-state index in [1.54, 1.807) is 25.1 Å². The molecule has 0 fully saturated rings. The van der Waals surface area contributed by atoms with E-state index in [-0.39, 0.29) is 5.91 Å². The minimum Gasteiger partial charge on any atom is -0.497 e. The van der Waals surface area contributed by atoms with Crippen LogP contribution < -0.4 is 10.1 Å². The molecule has 0 saturated heterocycles. The molecule has 0 aliphatic rings. The van der Waals surface area contributed by atoms with Crippen molar-refractivity contribution in [1.29, 1.82) is 0 Å². The maximum atomic E-state index is 12.2. The van der Waals surface area contributed by atoms with E-state index in [1.807, 2.05) is 68.7 Å². The Kier molecular flexibility index (Phi) is 8.44. The van der Waals surface area contributed by atoms with Crippen molar-refractivity contribution in [2.45, 2.75) is 17.3 Å². The maximum absolute atomic E-state index is 12.2. The number of carbonyl (C=O) groups is 1. The van der Waals surface area contributed by atoms with Gasteiger partial charge in [-0.25, -0.2) is 9.97 Å². The summed E-state index contributed by atoms with van der Waals surface area (Å²) in [5.41, 5.74) is 3.69. The quantitative estimate of drug-likeness (QED) is 0.293. The molecule has 0 unspecified atom stereocenters. The number of amides is 1. The number of carbonyl (C=O) groups excluding carboxylic acids is 1. The molecule has 1 N–H and O–H groups in total. The van der Waals surface area contributed by atoms with Gasteiger partial charge in [0.2, 0.25) is 0 Å². The number of aromatic nitrogens is 2. The Morgan fingerprint density at radius 3 is 2.48 bits per heavy atom. The number of hydrogen-bond donors (Lipinski definition) is 1. The first-order chi connectivity index (χ1) is 15.0. The lowest BCUT2D eigenvalue weighted by Gasteiger charge is -2.10. The molecule has 0 aliphatic carbocycles. The van der Waals surface area contributed by atoms with Gasteiger partial charge in [0.25, 0.3) is 5.91 Å². The fourth-order valence-electron chi connectivity index (χ4n) is 2.93. The first-order valence-corrected chi connectivity index (χ1v) is 11.2. The van der Waals surface area contributed by atoms with Crippen LogP contribution in [0.5, 0.6) is 5.75 Å². The number of hydrogen-bond acceptors (Lipinski definition) is 6. The van der Waals surface area contributed by atoms with E-state index < -0.39 is 0 Å². The van der Waals surface area contributed by atoms with E-state index in [0.717, 1.165) is 46.4 Å². The standard InChI is InChI=1S/C24H28N4O2S/c1-28(2)16-4-14-25-23(29)20-7-5-18(6-8-20)17-31-24-26-15-13-22(27-24)19-9-11-21(30-3)12-10-19/h5-13,15H,4,14,16-17H2,1-3H3,(H,25,29). The second-order valence-electron chi connectivity index (χ2n) is 7.35. The highest BCUT2D eigenvalue weighted by Crippen LogP contribution is 2.24. The van der Waals surface area contributed by atoms with Crippen LogP contribution in [0.2, 0.25) is 0 Å². The predicted molar refractivity (Wildman–Crippen MR) is 126 cm³/mol. The highest BCUT2D eigenvalue weighted by atomic mass is 32.2. The summed E-state index contributed by atoms with van der Waals surface area (Å²) in [4.78, 5) is 23.4. The van der Waals surface area contributed by atoms with Gasteiger partial charge >= 0.3 is 0 Å². The largest absolute Gasteiger partial charge is 0.497 e. The minimum atomic E-state index is -0.0338. The molecule has 0 saturated carbocycles. The summed E-state index contributed by atoms with van der Waals surface area (Å²) in [7, 11) is 5.71. The number of thioether (sulfide) groups is 1. The number of nitrogens with one attached hydrogen (secondary N) is 1. The average molecular weight is 437 g/mol. The average Bonchev–Trinajstić information content (AvgIpc) is 2.81. The zero-order valence-electron chi connectivity index (χ0n) is 18.2. The molecule has 1 heterocycles. The molecule has 1 aromatic heterocycles. The molecule has 6 nitrogen and oxygen atoms in total. The molecule has 3 aromatic rings. The summed E-state index contributed by atoms with van der Waals surface area (Å²) in [6.07, 6.45) is 2.71. The van der Waals surface area contributed by atoms with Crippen LogP contribution in [0.4, 0.5) is 0 Å². The van der Waals surface area contributed by atoms with E-state index in [1.165, 1.54) is 0 Å². The van der Waals surface area contributed by atoms with E-state index >= 15 is 0 Å². The summed E-state index contributed by atoms with van der Waals surface area (Å²) >= 11 is 1.57. The van der Waals surface area contributed by atoms with Gasteiger partial charge in [-0.1, -0.05) is 23.9 Å². The molecule has 2 aromatic carbocycles. The van der Waals surface area contributed by atoms with E-state index in [2.05, 4.69) is 20.2 Å². The van der Waals surface area contributed by atoms with Crippen LogP contribution in [0.1, 0.15) is 22.3 Å². The molecular formula is C24H28N4O2S. The van der Waals surface area contributed by atoms with Crippen LogP contribution in [0, 0.1) is 0 Å². The molecule has 0 spiro atoms. The van der Waals surface area contributed by atoms with Gasteiger partial charge < -0.3 is 15.0 Å². The van der Waals surface area contributed by atoms with Gasteiger partial charge in [-0.3, -0.25) is 4.79 Å². The van der Waals surface area contributed by atoms with Crippen LogP contribution >= 0.6 is 11.8 Å². The van der Waals surface area contributed by atoms with Gasteiger partial charge in [0.05, 0.1) is 12.8 Å². The van der Waals surface area contributed by atoms with E-state index in [4.69, 9.17) is 4.74 Å². The van der Waals surface area contributed by atoms with Gasteiger partial charge in [-0.15, -0.1) is 0 Å². The van der Waals surface area contributed by atoms with Crippen molar-refractivity contribution in [1.82, 2.24) is 20.2 Å². The molecule has 0 radical (unpaired) electrons. The van der Waals surface area contributed by atoms with Gasteiger partial charge in [0, 0.05) is 29.6 Å². The van der Waals surface area contributed by atoms with Gasteiger partial charge in [-0.2, -0.15) is 0 Å². The summed E-state index contributed by atoms with van der Waals surface area (Å²) in [6, 6.07) is 17.4. The van der Waals surface area contributed by atoms with Crippen LogP contribution in [0.15, 0.2) is 66.0 Å². The third-order valence-electron chi connectivity index (χ3n) is 4.67. The SMILES string of the molecule is COc1ccc(-c2ccnc(SCc3ccc(C(=O)NCCCN(C)C)cc3)n2)cc1. The van der Waals surface area contributed by atoms with E-state index in [0.29, 0.717) is 12.1 Å². The van der Waals surface area contributed by atoms with Crippen LogP contribution in [-0.4, -0.2) is 55.1 Å². The Morgan fingerprint density at radius 2 is 1.81 bits per heavy atom. The van der Waals surface area contributed by atoms with Crippen LogP contribution in [0.3, 0.4) is 0 Å². The lowest BCUT2D eigenvalue weighted by Crippen LogP contribution is -2.27. The van der Waals surface area contributed by atoms with Crippen molar-refractivity contribution < 1.29 is 9.53 Å². The summed E-state index contributed by atoms with van der Waals surface area (Å²) in [5, 5.41) is 3.68.